The number of imidazole rings is 1. The Morgan fingerprint density at radius 3 is 2.92 bits per heavy atom. The van der Waals surface area contributed by atoms with Gasteiger partial charge in [0.2, 0.25) is 5.91 Å². The molecule has 0 radical (unpaired) electrons. The van der Waals surface area contributed by atoms with Crippen LogP contribution in [0.2, 0.25) is 5.02 Å². The van der Waals surface area contributed by atoms with Gasteiger partial charge in [0.15, 0.2) is 5.16 Å². The minimum atomic E-state index is 0.0306. The molecule has 1 aromatic heterocycles. The first-order valence-corrected chi connectivity index (χ1v) is 9.06. The first-order chi connectivity index (χ1) is 12.0. The molecule has 3 rings (SSSR count). The molecule has 0 atom stereocenters. The molecule has 0 unspecified atom stereocenters. The molecule has 25 heavy (non-hydrogen) atoms. The van der Waals surface area contributed by atoms with E-state index in [9.17, 15) is 4.79 Å². The number of thioether (sulfide) groups is 1. The number of hydrogen-bond acceptors (Lipinski definition) is 4. The molecule has 0 saturated carbocycles. The van der Waals surface area contributed by atoms with Gasteiger partial charge in [-0.2, -0.15) is 0 Å². The van der Waals surface area contributed by atoms with Gasteiger partial charge in [-0.25, -0.2) is 4.98 Å². The standard InChI is InChI=1S/C18H18ClN3O2S/c1-22(10-12-4-3-5-13(19)8-12)17(23)11-25-18-20-15-7-6-14(24-2)9-16(15)21-18/h3-9H,10-11H2,1-2H3,(H,20,21). The van der Waals surface area contributed by atoms with E-state index in [0.29, 0.717) is 22.5 Å². The Labute approximate surface area is 155 Å². The number of H-pyrrole nitrogens is 1. The molecule has 0 aliphatic carbocycles. The number of amides is 1. The molecule has 2 aromatic carbocycles. The van der Waals surface area contributed by atoms with Crippen molar-refractivity contribution in [3.63, 3.8) is 0 Å². The van der Waals surface area contributed by atoms with Gasteiger partial charge in [-0.05, 0) is 29.8 Å². The van der Waals surface area contributed by atoms with Gasteiger partial charge in [0.1, 0.15) is 5.75 Å². The van der Waals surface area contributed by atoms with Crippen molar-refractivity contribution in [2.24, 2.45) is 0 Å². The van der Waals surface area contributed by atoms with Crippen LogP contribution in [-0.4, -0.2) is 40.7 Å². The highest BCUT2D eigenvalue weighted by Gasteiger charge is 2.12. The maximum Gasteiger partial charge on any atom is 0.233 e. The average molecular weight is 376 g/mol. The van der Waals surface area contributed by atoms with E-state index in [0.717, 1.165) is 22.3 Å². The second-order valence-electron chi connectivity index (χ2n) is 5.59. The van der Waals surface area contributed by atoms with E-state index in [1.807, 2.05) is 42.5 Å². The third kappa shape index (κ3) is 4.46. The topological polar surface area (TPSA) is 58.2 Å². The Morgan fingerprint density at radius 1 is 1.32 bits per heavy atom. The van der Waals surface area contributed by atoms with Crippen LogP contribution < -0.4 is 4.74 Å². The fourth-order valence-corrected chi connectivity index (χ4v) is 3.44. The Balaban J connectivity index is 1.59. The lowest BCUT2D eigenvalue weighted by Crippen LogP contribution is -2.27. The number of ether oxygens (including phenoxy) is 1. The molecular weight excluding hydrogens is 358 g/mol. The minimum Gasteiger partial charge on any atom is -0.497 e. The highest BCUT2D eigenvalue weighted by Crippen LogP contribution is 2.23. The predicted molar refractivity (Wildman–Crippen MR) is 101 cm³/mol. The number of carbonyl (C=O) groups excluding carboxylic acids is 1. The number of carbonyl (C=O) groups is 1. The van der Waals surface area contributed by atoms with Crippen molar-refractivity contribution in [2.75, 3.05) is 19.9 Å². The molecule has 0 spiro atoms. The zero-order valence-electron chi connectivity index (χ0n) is 14.0. The van der Waals surface area contributed by atoms with Gasteiger partial charge in [0.25, 0.3) is 0 Å². The third-order valence-corrected chi connectivity index (χ3v) is 4.83. The zero-order chi connectivity index (χ0) is 17.8. The SMILES string of the molecule is COc1ccc2nc(SCC(=O)N(C)Cc3cccc(Cl)c3)[nH]c2c1. The van der Waals surface area contributed by atoms with Crippen LogP contribution in [0.15, 0.2) is 47.6 Å². The van der Waals surface area contributed by atoms with Crippen molar-refractivity contribution >= 4 is 40.3 Å². The summed E-state index contributed by atoms with van der Waals surface area (Å²) in [5, 5.41) is 1.39. The summed E-state index contributed by atoms with van der Waals surface area (Å²) in [5.41, 5.74) is 2.74. The largest absolute Gasteiger partial charge is 0.497 e. The van der Waals surface area contributed by atoms with Crippen LogP contribution in [0.25, 0.3) is 11.0 Å². The molecule has 3 aromatic rings. The monoisotopic (exact) mass is 375 g/mol. The summed E-state index contributed by atoms with van der Waals surface area (Å²) >= 11 is 7.37. The van der Waals surface area contributed by atoms with Crippen molar-refractivity contribution in [2.45, 2.75) is 11.7 Å². The van der Waals surface area contributed by atoms with Crippen molar-refractivity contribution in [3.05, 3.63) is 53.1 Å². The Bertz CT molecular complexity index is 897. The van der Waals surface area contributed by atoms with Crippen LogP contribution in [0.3, 0.4) is 0 Å². The van der Waals surface area contributed by atoms with Gasteiger partial charge in [0, 0.05) is 24.7 Å². The Hall–Kier alpha value is -2.18. The van der Waals surface area contributed by atoms with Gasteiger partial charge >= 0.3 is 0 Å². The van der Waals surface area contributed by atoms with Crippen LogP contribution in [-0.2, 0) is 11.3 Å². The van der Waals surface area contributed by atoms with E-state index in [2.05, 4.69) is 9.97 Å². The molecule has 1 heterocycles. The van der Waals surface area contributed by atoms with Crippen LogP contribution in [0, 0.1) is 0 Å². The predicted octanol–water partition coefficient (Wildman–Crippen LogP) is 3.98. The van der Waals surface area contributed by atoms with Crippen molar-refractivity contribution < 1.29 is 9.53 Å². The lowest BCUT2D eigenvalue weighted by atomic mass is 10.2. The number of aromatic nitrogens is 2. The maximum atomic E-state index is 12.3. The molecule has 0 aliphatic heterocycles. The molecule has 0 bridgehead atoms. The first kappa shape index (κ1) is 17.6. The molecule has 7 heteroatoms. The number of rotatable bonds is 6. The molecule has 1 N–H and O–H groups in total. The summed E-state index contributed by atoms with van der Waals surface area (Å²) in [6.07, 6.45) is 0. The average Bonchev–Trinajstić information content (AvgIpc) is 3.01. The number of benzene rings is 2. The minimum absolute atomic E-state index is 0.0306. The Kier molecular flexibility index (Phi) is 5.50. The zero-order valence-corrected chi connectivity index (χ0v) is 15.5. The fourth-order valence-electron chi connectivity index (χ4n) is 2.40. The first-order valence-electron chi connectivity index (χ1n) is 7.70. The third-order valence-electron chi connectivity index (χ3n) is 3.73. The number of aromatic amines is 1. The van der Waals surface area contributed by atoms with Crippen LogP contribution in [0.1, 0.15) is 5.56 Å². The smallest absolute Gasteiger partial charge is 0.233 e. The highest BCUT2D eigenvalue weighted by atomic mass is 35.5. The molecule has 1 amide bonds. The molecule has 5 nitrogen and oxygen atoms in total. The summed E-state index contributed by atoms with van der Waals surface area (Å²) in [4.78, 5) is 21.7. The van der Waals surface area contributed by atoms with Crippen LogP contribution in [0.5, 0.6) is 5.75 Å². The van der Waals surface area contributed by atoms with Crippen LogP contribution >= 0.6 is 23.4 Å². The number of nitrogens with one attached hydrogen (secondary N) is 1. The lowest BCUT2D eigenvalue weighted by Gasteiger charge is -2.16. The van der Waals surface area contributed by atoms with Crippen molar-refractivity contribution in [3.8, 4) is 5.75 Å². The molecule has 0 fully saturated rings. The molecular formula is C18H18ClN3O2S. The van der Waals surface area contributed by atoms with Crippen LogP contribution in [0.4, 0.5) is 0 Å². The summed E-state index contributed by atoms with van der Waals surface area (Å²) in [7, 11) is 3.41. The van der Waals surface area contributed by atoms with E-state index in [1.54, 1.807) is 19.1 Å². The second-order valence-corrected chi connectivity index (χ2v) is 6.99. The number of hydrogen-bond donors (Lipinski definition) is 1. The summed E-state index contributed by atoms with van der Waals surface area (Å²) in [6.45, 7) is 0.525. The summed E-state index contributed by atoms with van der Waals surface area (Å²) < 4.78 is 5.20. The van der Waals surface area contributed by atoms with Gasteiger partial charge in [-0.1, -0.05) is 35.5 Å². The number of fused-ring (bicyclic) bond motifs is 1. The summed E-state index contributed by atoms with van der Waals surface area (Å²) in [5.74, 6) is 1.11. The van der Waals surface area contributed by atoms with E-state index in [-0.39, 0.29) is 5.91 Å². The number of methoxy groups -OCH3 is 1. The normalized spacial score (nSPS) is 10.8. The fraction of sp³-hybridized carbons (Fsp3) is 0.222. The lowest BCUT2D eigenvalue weighted by molar-refractivity contribution is -0.127. The van der Waals surface area contributed by atoms with Gasteiger partial charge in [0.05, 0.1) is 23.9 Å². The second kappa shape index (κ2) is 7.80. The van der Waals surface area contributed by atoms with Gasteiger partial charge in [-0.15, -0.1) is 0 Å². The quantitative estimate of drug-likeness (QED) is 0.662. The van der Waals surface area contributed by atoms with E-state index in [1.165, 1.54) is 11.8 Å². The van der Waals surface area contributed by atoms with E-state index in [4.69, 9.17) is 16.3 Å². The highest BCUT2D eigenvalue weighted by molar-refractivity contribution is 7.99. The molecule has 0 saturated heterocycles. The molecule has 130 valence electrons. The number of halogens is 1. The Morgan fingerprint density at radius 2 is 2.16 bits per heavy atom. The van der Waals surface area contributed by atoms with Crippen molar-refractivity contribution in [1.29, 1.82) is 0 Å². The maximum absolute atomic E-state index is 12.3. The van der Waals surface area contributed by atoms with E-state index >= 15 is 0 Å². The molecule has 0 aliphatic rings. The van der Waals surface area contributed by atoms with Crippen molar-refractivity contribution in [1.82, 2.24) is 14.9 Å². The summed E-state index contributed by atoms with van der Waals surface area (Å²) in [6, 6.07) is 13.2. The van der Waals surface area contributed by atoms with E-state index < -0.39 is 0 Å². The number of nitrogens with zero attached hydrogens (tertiary/aromatic N) is 2. The van der Waals surface area contributed by atoms with Gasteiger partial charge in [-0.3, -0.25) is 4.79 Å². The van der Waals surface area contributed by atoms with Gasteiger partial charge < -0.3 is 14.6 Å².